The standard InChI is InChI=1S/C21H17F3N4O/c1-12(2)28-18-8-7-14(10-17(18)27-20(28)21(22,23)24)19(29)26-15-9-13-5-3-4-6-16(13)25-11-15/h3-12H,1-2H3,(H,26,29). The van der Waals surface area contributed by atoms with Crippen LogP contribution in [-0.2, 0) is 6.18 Å². The molecule has 2 heterocycles. The normalized spacial score (nSPS) is 12.1. The smallest absolute Gasteiger partial charge is 0.321 e. The molecule has 5 nitrogen and oxygen atoms in total. The monoisotopic (exact) mass is 398 g/mol. The van der Waals surface area contributed by atoms with Crippen LogP contribution >= 0.6 is 0 Å². The fourth-order valence-electron chi connectivity index (χ4n) is 3.31. The highest BCUT2D eigenvalue weighted by molar-refractivity contribution is 6.06. The summed E-state index contributed by atoms with van der Waals surface area (Å²) in [6, 6.07) is 13.2. The van der Waals surface area contributed by atoms with E-state index in [4.69, 9.17) is 0 Å². The minimum atomic E-state index is -4.58. The number of alkyl halides is 3. The van der Waals surface area contributed by atoms with E-state index in [9.17, 15) is 18.0 Å². The lowest BCUT2D eigenvalue weighted by Crippen LogP contribution is -2.16. The van der Waals surface area contributed by atoms with Crippen molar-refractivity contribution < 1.29 is 18.0 Å². The second-order valence-electron chi connectivity index (χ2n) is 6.97. The van der Waals surface area contributed by atoms with Crippen LogP contribution in [0.15, 0.2) is 54.7 Å². The second-order valence-corrected chi connectivity index (χ2v) is 6.97. The molecule has 0 bridgehead atoms. The summed E-state index contributed by atoms with van der Waals surface area (Å²) in [5.41, 5.74) is 1.96. The number of halogens is 3. The summed E-state index contributed by atoms with van der Waals surface area (Å²) in [5.74, 6) is -1.42. The predicted octanol–water partition coefficient (Wildman–Crippen LogP) is 5.44. The SMILES string of the molecule is CC(C)n1c(C(F)(F)F)nc2cc(C(=O)Nc3cnc4ccccc4c3)ccc21. The first-order valence-corrected chi connectivity index (χ1v) is 8.99. The van der Waals surface area contributed by atoms with Crippen molar-refractivity contribution in [2.24, 2.45) is 0 Å². The van der Waals surface area contributed by atoms with Gasteiger partial charge in [-0.25, -0.2) is 4.98 Å². The first kappa shape index (κ1) is 18.9. The number of hydrogen-bond acceptors (Lipinski definition) is 3. The number of aromatic nitrogens is 3. The van der Waals surface area contributed by atoms with Gasteiger partial charge in [-0.1, -0.05) is 18.2 Å². The molecular formula is C21H17F3N4O. The van der Waals surface area contributed by atoms with E-state index in [1.165, 1.54) is 24.4 Å². The summed E-state index contributed by atoms with van der Waals surface area (Å²) in [7, 11) is 0. The quantitative estimate of drug-likeness (QED) is 0.500. The van der Waals surface area contributed by atoms with Crippen LogP contribution in [0, 0.1) is 0 Å². The largest absolute Gasteiger partial charge is 0.449 e. The second kappa shape index (κ2) is 6.88. The molecule has 4 rings (SSSR count). The van der Waals surface area contributed by atoms with Gasteiger partial charge in [-0.2, -0.15) is 13.2 Å². The van der Waals surface area contributed by atoms with E-state index in [1.54, 1.807) is 19.9 Å². The number of carbonyl (C=O) groups is 1. The average molecular weight is 398 g/mol. The van der Waals surface area contributed by atoms with Gasteiger partial charge in [0.1, 0.15) is 0 Å². The van der Waals surface area contributed by atoms with Crippen molar-refractivity contribution in [2.45, 2.75) is 26.1 Å². The minimum absolute atomic E-state index is 0.121. The maximum Gasteiger partial charge on any atom is 0.449 e. The highest BCUT2D eigenvalue weighted by atomic mass is 19.4. The van der Waals surface area contributed by atoms with Crippen molar-refractivity contribution in [2.75, 3.05) is 5.32 Å². The molecule has 0 atom stereocenters. The molecule has 4 aromatic rings. The summed E-state index contributed by atoms with van der Waals surface area (Å²) in [5, 5.41) is 3.60. The topological polar surface area (TPSA) is 59.8 Å². The Balaban J connectivity index is 1.69. The molecule has 0 aliphatic carbocycles. The van der Waals surface area contributed by atoms with Gasteiger partial charge in [0.15, 0.2) is 0 Å². The Morgan fingerprint density at radius 1 is 1.07 bits per heavy atom. The number of nitrogens with zero attached hydrogens (tertiary/aromatic N) is 3. The predicted molar refractivity (Wildman–Crippen MR) is 105 cm³/mol. The van der Waals surface area contributed by atoms with Crippen molar-refractivity contribution in [1.82, 2.24) is 14.5 Å². The Morgan fingerprint density at radius 2 is 1.83 bits per heavy atom. The lowest BCUT2D eigenvalue weighted by Gasteiger charge is -2.14. The number of anilines is 1. The molecule has 8 heteroatoms. The zero-order valence-corrected chi connectivity index (χ0v) is 15.7. The van der Waals surface area contributed by atoms with E-state index < -0.39 is 23.9 Å². The van der Waals surface area contributed by atoms with Gasteiger partial charge in [0.05, 0.1) is 28.4 Å². The van der Waals surface area contributed by atoms with E-state index in [2.05, 4.69) is 15.3 Å². The lowest BCUT2D eigenvalue weighted by atomic mass is 10.1. The Labute approximate surface area is 164 Å². The van der Waals surface area contributed by atoms with Crippen LogP contribution in [0.25, 0.3) is 21.9 Å². The zero-order valence-electron chi connectivity index (χ0n) is 15.7. The Morgan fingerprint density at radius 3 is 2.55 bits per heavy atom. The van der Waals surface area contributed by atoms with E-state index in [0.29, 0.717) is 11.2 Å². The minimum Gasteiger partial charge on any atom is -0.321 e. The number of rotatable bonds is 3. The molecule has 1 amide bonds. The van der Waals surface area contributed by atoms with Crippen LogP contribution < -0.4 is 5.32 Å². The number of benzene rings is 2. The van der Waals surface area contributed by atoms with Gasteiger partial charge < -0.3 is 9.88 Å². The Kier molecular flexibility index (Phi) is 4.49. The van der Waals surface area contributed by atoms with E-state index in [1.807, 2.05) is 24.3 Å². The number of fused-ring (bicyclic) bond motifs is 2. The van der Waals surface area contributed by atoms with Crippen molar-refractivity contribution >= 4 is 33.5 Å². The molecule has 0 fully saturated rings. The van der Waals surface area contributed by atoms with Crippen LogP contribution in [-0.4, -0.2) is 20.4 Å². The van der Waals surface area contributed by atoms with Gasteiger partial charge in [0.2, 0.25) is 5.82 Å². The van der Waals surface area contributed by atoms with Crippen LogP contribution in [0.4, 0.5) is 18.9 Å². The number of imidazole rings is 1. The Bertz CT molecular complexity index is 1230. The number of carbonyl (C=O) groups excluding carboxylic acids is 1. The molecule has 0 radical (unpaired) electrons. The molecule has 0 saturated heterocycles. The van der Waals surface area contributed by atoms with E-state index >= 15 is 0 Å². The third-order valence-electron chi connectivity index (χ3n) is 4.57. The summed E-state index contributed by atoms with van der Waals surface area (Å²) in [6.45, 7) is 3.31. The van der Waals surface area contributed by atoms with Crippen molar-refractivity contribution in [3.63, 3.8) is 0 Å². The third-order valence-corrected chi connectivity index (χ3v) is 4.57. The van der Waals surface area contributed by atoms with Gasteiger partial charge in [0, 0.05) is 17.0 Å². The molecule has 0 saturated carbocycles. The first-order chi connectivity index (χ1) is 13.7. The number of hydrogen-bond donors (Lipinski definition) is 1. The lowest BCUT2D eigenvalue weighted by molar-refractivity contribution is -0.147. The summed E-state index contributed by atoms with van der Waals surface area (Å²) >= 11 is 0. The highest BCUT2D eigenvalue weighted by Gasteiger charge is 2.38. The number of nitrogens with one attached hydrogen (secondary N) is 1. The van der Waals surface area contributed by atoms with Crippen LogP contribution in [0.2, 0.25) is 0 Å². The highest BCUT2D eigenvalue weighted by Crippen LogP contribution is 2.34. The zero-order chi connectivity index (χ0) is 20.8. The van der Waals surface area contributed by atoms with Gasteiger partial charge in [-0.3, -0.25) is 9.78 Å². The number of pyridine rings is 1. The summed E-state index contributed by atoms with van der Waals surface area (Å²) in [6.07, 6.45) is -3.05. The Hall–Kier alpha value is -3.42. The van der Waals surface area contributed by atoms with E-state index in [0.717, 1.165) is 15.5 Å². The molecule has 148 valence electrons. The van der Waals surface area contributed by atoms with Crippen molar-refractivity contribution in [3.8, 4) is 0 Å². The van der Waals surface area contributed by atoms with Gasteiger partial charge in [-0.15, -0.1) is 0 Å². The fourth-order valence-corrected chi connectivity index (χ4v) is 3.31. The first-order valence-electron chi connectivity index (χ1n) is 8.99. The molecule has 1 N–H and O–H groups in total. The van der Waals surface area contributed by atoms with Gasteiger partial charge in [0.25, 0.3) is 5.91 Å². The number of amides is 1. The fraction of sp³-hybridized carbons (Fsp3) is 0.190. The molecule has 2 aromatic heterocycles. The third kappa shape index (κ3) is 3.53. The van der Waals surface area contributed by atoms with E-state index in [-0.39, 0.29) is 11.1 Å². The van der Waals surface area contributed by atoms with Crippen molar-refractivity contribution in [1.29, 1.82) is 0 Å². The molecule has 0 spiro atoms. The van der Waals surface area contributed by atoms with Gasteiger partial charge >= 0.3 is 6.18 Å². The maximum absolute atomic E-state index is 13.4. The summed E-state index contributed by atoms with van der Waals surface area (Å²) in [4.78, 5) is 20.6. The average Bonchev–Trinajstić information content (AvgIpc) is 3.07. The molecule has 2 aromatic carbocycles. The van der Waals surface area contributed by atoms with Crippen LogP contribution in [0.5, 0.6) is 0 Å². The maximum atomic E-state index is 13.4. The van der Waals surface area contributed by atoms with Crippen LogP contribution in [0.3, 0.4) is 0 Å². The van der Waals surface area contributed by atoms with Crippen LogP contribution in [0.1, 0.15) is 36.1 Å². The van der Waals surface area contributed by atoms with Gasteiger partial charge in [-0.05, 0) is 44.2 Å². The molecular weight excluding hydrogens is 381 g/mol. The summed E-state index contributed by atoms with van der Waals surface area (Å²) < 4.78 is 41.2. The molecule has 29 heavy (non-hydrogen) atoms. The molecule has 0 aliphatic rings. The molecule has 0 unspecified atom stereocenters. The van der Waals surface area contributed by atoms with Crippen molar-refractivity contribution in [3.05, 3.63) is 66.1 Å². The molecule has 0 aliphatic heterocycles. The number of para-hydroxylation sites is 1.